The van der Waals surface area contributed by atoms with Crippen molar-refractivity contribution in [2.75, 3.05) is 20.7 Å². The normalized spacial score (nSPS) is 40.9. The zero-order valence-electron chi connectivity index (χ0n) is 13.8. The summed E-state index contributed by atoms with van der Waals surface area (Å²) in [6.07, 6.45) is 3.61. The molecule has 1 aliphatic heterocycles. The van der Waals surface area contributed by atoms with Gasteiger partial charge in [-0.25, -0.2) is 0 Å². The van der Waals surface area contributed by atoms with Crippen molar-refractivity contribution in [2.24, 2.45) is 5.92 Å². The van der Waals surface area contributed by atoms with Crippen molar-refractivity contribution in [1.82, 2.24) is 4.90 Å². The Kier molecular flexibility index (Phi) is 2.54. The predicted octanol–water partition coefficient (Wildman–Crippen LogP) is 1.46. The van der Waals surface area contributed by atoms with E-state index in [4.69, 9.17) is 4.74 Å². The molecule has 1 saturated heterocycles. The summed E-state index contributed by atoms with van der Waals surface area (Å²) >= 11 is 0. The van der Waals surface area contributed by atoms with Crippen LogP contribution in [-0.4, -0.2) is 48.1 Å². The van der Waals surface area contributed by atoms with Crippen molar-refractivity contribution in [2.45, 2.75) is 49.2 Å². The molecule has 0 aromatic heterocycles. The summed E-state index contributed by atoms with van der Waals surface area (Å²) in [5.41, 5.74) is 2.62. The highest BCUT2D eigenvalue weighted by atomic mass is 16.5. The number of hydrogen-bond donors (Lipinski definition) is 1. The zero-order chi connectivity index (χ0) is 16.0. The summed E-state index contributed by atoms with van der Waals surface area (Å²) in [5.74, 6) is 1.16. The number of aliphatic hydroxyl groups is 1. The fourth-order valence-corrected chi connectivity index (χ4v) is 6.35. The van der Waals surface area contributed by atoms with Gasteiger partial charge in [0.25, 0.3) is 0 Å². The van der Waals surface area contributed by atoms with Crippen LogP contribution in [0.3, 0.4) is 0 Å². The summed E-state index contributed by atoms with van der Waals surface area (Å²) in [6, 6.07) is 4.33. The first-order valence-electron chi connectivity index (χ1n) is 8.67. The Bertz CT molecular complexity index is 730. The number of benzene rings is 1. The molecular formula is C19H23NO3. The van der Waals surface area contributed by atoms with Crippen molar-refractivity contribution in [1.29, 1.82) is 0 Å². The monoisotopic (exact) mass is 313 g/mol. The number of carbonyl (C=O) groups is 1. The molecule has 1 N–H and O–H groups in total. The zero-order valence-corrected chi connectivity index (χ0v) is 13.8. The number of hydrogen-bond acceptors (Lipinski definition) is 4. The van der Waals surface area contributed by atoms with Gasteiger partial charge in [0, 0.05) is 23.8 Å². The maximum absolute atomic E-state index is 12.8. The number of ketones is 1. The van der Waals surface area contributed by atoms with Crippen LogP contribution in [0.1, 0.15) is 36.0 Å². The van der Waals surface area contributed by atoms with Crippen LogP contribution in [0.4, 0.5) is 0 Å². The smallest absolute Gasteiger partial charge is 0.137 e. The van der Waals surface area contributed by atoms with E-state index in [1.54, 1.807) is 7.11 Å². The minimum atomic E-state index is -0.775. The molecular weight excluding hydrogens is 290 g/mol. The van der Waals surface area contributed by atoms with E-state index in [9.17, 15) is 9.90 Å². The molecule has 4 nitrogen and oxygen atoms in total. The fraction of sp³-hybridized carbons (Fsp3) is 0.632. The molecule has 2 bridgehead atoms. The third-order valence-electron chi connectivity index (χ3n) is 7.29. The number of likely N-dealkylation sites (N-methyl/N-ethyl adjacent to an activating group) is 1. The average Bonchev–Trinajstić information content (AvgIpc) is 2.90. The van der Waals surface area contributed by atoms with Gasteiger partial charge in [-0.1, -0.05) is 6.07 Å². The lowest BCUT2D eigenvalue weighted by Crippen LogP contribution is -2.74. The van der Waals surface area contributed by atoms with E-state index in [0.717, 1.165) is 31.6 Å². The van der Waals surface area contributed by atoms with Crippen molar-refractivity contribution < 1.29 is 14.6 Å². The molecule has 5 rings (SSSR count). The van der Waals surface area contributed by atoms with Crippen LogP contribution in [0.5, 0.6) is 5.75 Å². The summed E-state index contributed by atoms with van der Waals surface area (Å²) < 4.78 is 5.60. The maximum atomic E-state index is 12.8. The third-order valence-corrected chi connectivity index (χ3v) is 7.29. The quantitative estimate of drug-likeness (QED) is 0.853. The van der Waals surface area contributed by atoms with Gasteiger partial charge in [-0.3, -0.25) is 4.79 Å². The maximum Gasteiger partial charge on any atom is 0.137 e. The van der Waals surface area contributed by atoms with E-state index >= 15 is 0 Å². The number of nitrogens with zero attached hydrogens (tertiary/aromatic N) is 1. The molecule has 4 atom stereocenters. The fourth-order valence-electron chi connectivity index (χ4n) is 6.35. The standard InChI is InChI=1S/C19H23NO3/c1-20-8-7-18-13-10-12-15(23-2)4-3-11(17(12)18)9-16(20)19(18,22)6-5-14(13)21/h3-4,13,16,22H,5-10H2,1-2H3/t13-,16+,18+,19+/m0/s1. The number of rotatable bonds is 1. The number of carbonyl (C=O) groups excluding carboxylic acids is 1. The number of Topliss-reactive ketones (excluding diaryl/α,β-unsaturated/α-hetero) is 1. The van der Waals surface area contributed by atoms with Gasteiger partial charge in [-0.15, -0.1) is 0 Å². The second kappa shape index (κ2) is 4.17. The number of likely N-dealkylation sites (tertiary alicyclic amines) is 1. The Morgan fingerprint density at radius 3 is 2.91 bits per heavy atom. The van der Waals surface area contributed by atoms with Crippen LogP contribution in [0.2, 0.25) is 0 Å². The van der Waals surface area contributed by atoms with Crippen molar-refractivity contribution >= 4 is 5.78 Å². The van der Waals surface area contributed by atoms with Gasteiger partial charge < -0.3 is 14.7 Å². The van der Waals surface area contributed by atoms with E-state index in [1.807, 2.05) is 6.07 Å². The highest BCUT2D eigenvalue weighted by Gasteiger charge is 2.70. The molecule has 0 amide bonds. The minimum absolute atomic E-state index is 0.0669. The minimum Gasteiger partial charge on any atom is -0.496 e. The second-order valence-corrected chi connectivity index (χ2v) is 7.85. The van der Waals surface area contributed by atoms with Crippen LogP contribution in [0.25, 0.3) is 0 Å². The predicted molar refractivity (Wildman–Crippen MR) is 85.8 cm³/mol. The Morgan fingerprint density at radius 1 is 1.30 bits per heavy atom. The topological polar surface area (TPSA) is 49.8 Å². The summed E-state index contributed by atoms with van der Waals surface area (Å²) in [7, 11) is 3.82. The molecule has 1 spiro atoms. The van der Waals surface area contributed by atoms with Gasteiger partial charge in [-0.2, -0.15) is 0 Å². The van der Waals surface area contributed by atoms with Crippen LogP contribution in [0, 0.1) is 5.92 Å². The molecule has 0 radical (unpaired) electrons. The Morgan fingerprint density at radius 2 is 2.13 bits per heavy atom. The SMILES string of the molecule is COc1ccc2c3c1C[C@H]1C(=O)CC[C@@]4(O)[C@@H](C2)N(C)CC[C@]314. The highest BCUT2D eigenvalue weighted by molar-refractivity contribution is 5.87. The van der Waals surface area contributed by atoms with Gasteiger partial charge in [-0.05, 0) is 62.0 Å². The first kappa shape index (κ1) is 14.0. The molecule has 122 valence electrons. The van der Waals surface area contributed by atoms with Gasteiger partial charge >= 0.3 is 0 Å². The molecule has 1 aromatic rings. The molecule has 2 fully saturated rings. The van der Waals surface area contributed by atoms with E-state index in [-0.39, 0.29) is 17.4 Å². The highest BCUT2D eigenvalue weighted by Crippen LogP contribution is 2.64. The van der Waals surface area contributed by atoms with Crippen LogP contribution >= 0.6 is 0 Å². The second-order valence-electron chi connectivity index (χ2n) is 7.85. The molecule has 0 unspecified atom stereocenters. The van der Waals surface area contributed by atoms with Crippen LogP contribution in [-0.2, 0) is 23.1 Å². The van der Waals surface area contributed by atoms with Crippen LogP contribution < -0.4 is 4.74 Å². The van der Waals surface area contributed by atoms with Gasteiger partial charge in [0.15, 0.2) is 0 Å². The Labute approximate surface area is 136 Å². The third kappa shape index (κ3) is 1.35. The first-order valence-corrected chi connectivity index (χ1v) is 8.67. The lowest BCUT2D eigenvalue weighted by Gasteiger charge is -2.63. The van der Waals surface area contributed by atoms with Gasteiger partial charge in [0.1, 0.15) is 11.5 Å². The average molecular weight is 313 g/mol. The van der Waals surface area contributed by atoms with Gasteiger partial charge in [0.2, 0.25) is 0 Å². The van der Waals surface area contributed by atoms with E-state index in [1.165, 1.54) is 16.7 Å². The molecule has 4 aliphatic rings. The summed E-state index contributed by atoms with van der Waals surface area (Å²) in [6.45, 7) is 0.951. The van der Waals surface area contributed by atoms with Crippen LogP contribution in [0.15, 0.2) is 12.1 Å². The molecule has 4 heteroatoms. The van der Waals surface area contributed by atoms with Crippen molar-refractivity contribution in [3.8, 4) is 5.75 Å². The van der Waals surface area contributed by atoms with Crippen molar-refractivity contribution in [3.05, 3.63) is 28.8 Å². The van der Waals surface area contributed by atoms with Gasteiger partial charge in [0.05, 0.1) is 12.7 Å². The Hall–Kier alpha value is -1.39. The lowest BCUT2D eigenvalue weighted by molar-refractivity contribution is -0.180. The lowest BCUT2D eigenvalue weighted by atomic mass is 9.48. The number of ether oxygens (including phenoxy) is 1. The first-order chi connectivity index (χ1) is 11.0. The molecule has 1 aromatic carbocycles. The summed E-state index contributed by atoms with van der Waals surface area (Å²) in [4.78, 5) is 15.1. The molecule has 1 heterocycles. The van der Waals surface area contributed by atoms with Crippen molar-refractivity contribution in [3.63, 3.8) is 0 Å². The molecule has 3 aliphatic carbocycles. The summed E-state index contributed by atoms with van der Waals surface area (Å²) in [5, 5.41) is 11.8. The molecule has 1 saturated carbocycles. The largest absolute Gasteiger partial charge is 0.496 e. The number of piperidine rings is 1. The van der Waals surface area contributed by atoms with E-state index in [0.29, 0.717) is 18.6 Å². The van der Waals surface area contributed by atoms with E-state index in [2.05, 4.69) is 18.0 Å². The Balaban J connectivity index is 1.86. The van der Waals surface area contributed by atoms with E-state index < -0.39 is 5.60 Å². The molecule has 23 heavy (non-hydrogen) atoms. The number of methoxy groups -OCH3 is 1.